The van der Waals surface area contributed by atoms with E-state index in [4.69, 9.17) is 5.11 Å². The number of ketones is 1. The molecule has 0 spiro atoms. The van der Waals surface area contributed by atoms with Gasteiger partial charge in [0.25, 0.3) is 0 Å². The fourth-order valence-electron chi connectivity index (χ4n) is 1.61. The molecule has 0 radical (unpaired) electrons. The zero-order valence-corrected chi connectivity index (χ0v) is 10.7. The molecule has 0 aliphatic carbocycles. The first kappa shape index (κ1) is 15.6. The van der Waals surface area contributed by atoms with Crippen LogP contribution >= 0.6 is 0 Å². The van der Waals surface area contributed by atoms with E-state index in [1.54, 1.807) is 24.1 Å². The van der Waals surface area contributed by atoms with Crippen LogP contribution in [0.4, 0.5) is 5.69 Å². The Morgan fingerprint density at radius 3 is 2.32 bits per heavy atom. The SMILES string of the molecule is CN(CC(=O)[C@@H](O)[C@H](O)[C@H](O)CO)c1ccccc1. The molecule has 106 valence electrons. The molecule has 0 heterocycles. The van der Waals surface area contributed by atoms with E-state index >= 15 is 0 Å². The summed E-state index contributed by atoms with van der Waals surface area (Å²) in [5.41, 5.74) is 0.792. The van der Waals surface area contributed by atoms with Gasteiger partial charge in [-0.3, -0.25) is 4.79 Å². The highest BCUT2D eigenvalue weighted by Crippen LogP contribution is 2.11. The number of hydrogen-bond acceptors (Lipinski definition) is 6. The molecule has 0 fully saturated rings. The highest BCUT2D eigenvalue weighted by Gasteiger charge is 2.30. The largest absolute Gasteiger partial charge is 0.394 e. The number of nitrogens with zero attached hydrogens (tertiary/aromatic N) is 1. The third-order valence-electron chi connectivity index (χ3n) is 2.82. The summed E-state index contributed by atoms with van der Waals surface area (Å²) >= 11 is 0. The minimum Gasteiger partial charge on any atom is -0.394 e. The number of carbonyl (C=O) groups is 1. The van der Waals surface area contributed by atoms with E-state index < -0.39 is 30.7 Å². The third-order valence-corrected chi connectivity index (χ3v) is 2.82. The monoisotopic (exact) mass is 269 g/mol. The molecular formula is C13H19NO5. The highest BCUT2D eigenvalue weighted by atomic mass is 16.4. The van der Waals surface area contributed by atoms with Crippen LogP contribution in [0.5, 0.6) is 0 Å². The number of carbonyl (C=O) groups excluding carboxylic acids is 1. The molecule has 6 heteroatoms. The van der Waals surface area contributed by atoms with Crippen LogP contribution in [0.1, 0.15) is 0 Å². The van der Waals surface area contributed by atoms with Gasteiger partial charge in [-0.15, -0.1) is 0 Å². The van der Waals surface area contributed by atoms with Gasteiger partial charge in [-0.1, -0.05) is 18.2 Å². The van der Waals surface area contributed by atoms with Crippen molar-refractivity contribution < 1.29 is 25.2 Å². The van der Waals surface area contributed by atoms with E-state index in [2.05, 4.69) is 0 Å². The molecule has 0 aliphatic heterocycles. The van der Waals surface area contributed by atoms with Crippen LogP contribution in [0, 0.1) is 0 Å². The van der Waals surface area contributed by atoms with Gasteiger partial charge >= 0.3 is 0 Å². The third kappa shape index (κ3) is 4.29. The molecule has 0 amide bonds. The van der Waals surface area contributed by atoms with Crippen molar-refractivity contribution in [2.45, 2.75) is 18.3 Å². The second-order valence-corrected chi connectivity index (χ2v) is 4.34. The Bertz CT molecular complexity index is 397. The van der Waals surface area contributed by atoms with Crippen LogP contribution in [0.25, 0.3) is 0 Å². The molecule has 0 aromatic heterocycles. The first-order valence-corrected chi connectivity index (χ1v) is 5.91. The average molecular weight is 269 g/mol. The molecule has 4 N–H and O–H groups in total. The Morgan fingerprint density at radius 2 is 1.79 bits per heavy atom. The molecule has 0 unspecified atom stereocenters. The Labute approximate surface area is 111 Å². The first-order chi connectivity index (χ1) is 8.97. The summed E-state index contributed by atoms with van der Waals surface area (Å²) in [5, 5.41) is 36.9. The minimum atomic E-state index is -1.73. The molecule has 1 aromatic carbocycles. The van der Waals surface area contributed by atoms with Crippen LogP contribution in [-0.2, 0) is 4.79 Å². The molecule has 3 atom stereocenters. The van der Waals surface area contributed by atoms with Gasteiger partial charge in [0.05, 0.1) is 13.2 Å². The standard InChI is InChI=1S/C13H19NO5/c1-14(9-5-3-2-4-6-9)7-10(16)12(18)13(19)11(17)8-15/h2-6,11-13,15,17-19H,7-8H2,1H3/t11-,12-,13-/m1/s1. The van der Waals surface area contributed by atoms with Crippen molar-refractivity contribution in [2.24, 2.45) is 0 Å². The average Bonchev–Trinajstić information content (AvgIpc) is 2.45. The van der Waals surface area contributed by atoms with E-state index in [1.807, 2.05) is 18.2 Å². The van der Waals surface area contributed by atoms with Crippen molar-refractivity contribution in [1.29, 1.82) is 0 Å². The second kappa shape index (κ2) is 7.20. The Morgan fingerprint density at radius 1 is 1.21 bits per heavy atom. The lowest BCUT2D eigenvalue weighted by atomic mass is 10.0. The fourth-order valence-corrected chi connectivity index (χ4v) is 1.61. The van der Waals surface area contributed by atoms with Crippen molar-refractivity contribution >= 4 is 11.5 Å². The lowest BCUT2D eigenvalue weighted by molar-refractivity contribution is -0.138. The number of rotatable bonds is 7. The molecule has 0 saturated carbocycles. The fraction of sp³-hybridized carbons (Fsp3) is 0.462. The van der Waals surface area contributed by atoms with Gasteiger partial charge in [0.1, 0.15) is 18.3 Å². The maximum atomic E-state index is 11.7. The van der Waals surface area contributed by atoms with Gasteiger partial charge in [-0.05, 0) is 12.1 Å². The Kier molecular flexibility index (Phi) is 5.91. The van der Waals surface area contributed by atoms with Gasteiger partial charge in [0.15, 0.2) is 5.78 Å². The van der Waals surface area contributed by atoms with Crippen molar-refractivity contribution in [2.75, 3.05) is 25.1 Å². The Hall–Kier alpha value is -1.47. The van der Waals surface area contributed by atoms with E-state index in [0.29, 0.717) is 0 Å². The topological polar surface area (TPSA) is 101 Å². The van der Waals surface area contributed by atoms with Crippen LogP contribution in [0.15, 0.2) is 30.3 Å². The summed E-state index contributed by atoms with van der Waals surface area (Å²) in [5.74, 6) is -0.633. The zero-order chi connectivity index (χ0) is 14.4. The number of benzene rings is 1. The van der Waals surface area contributed by atoms with Gasteiger partial charge in [0.2, 0.25) is 0 Å². The second-order valence-electron chi connectivity index (χ2n) is 4.34. The molecule has 6 nitrogen and oxygen atoms in total. The number of likely N-dealkylation sites (N-methyl/N-ethyl adjacent to an activating group) is 1. The summed E-state index contributed by atoms with van der Waals surface area (Å²) in [4.78, 5) is 13.4. The smallest absolute Gasteiger partial charge is 0.183 e. The predicted octanol–water partition coefficient (Wildman–Crippen LogP) is -1.23. The number of aliphatic hydroxyl groups is 4. The van der Waals surface area contributed by atoms with Crippen molar-refractivity contribution in [1.82, 2.24) is 0 Å². The lowest BCUT2D eigenvalue weighted by Gasteiger charge is -2.24. The van der Waals surface area contributed by atoms with E-state index in [0.717, 1.165) is 5.69 Å². The molecular weight excluding hydrogens is 250 g/mol. The number of Topliss-reactive ketones (excluding diaryl/α,β-unsaturated/α-hetero) is 1. The van der Waals surface area contributed by atoms with Crippen molar-refractivity contribution in [3.63, 3.8) is 0 Å². The number of para-hydroxylation sites is 1. The molecule has 0 saturated heterocycles. The molecule has 1 rings (SSSR count). The van der Waals surface area contributed by atoms with Gasteiger partial charge < -0.3 is 25.3 Å². The van der Waals surface area contributed by atoms with Crippen molar-refractivity contribution in [3.05, 3.63) is 30.3 Å². The van der Waals surface area contributed by atoms with Crippen LogP contribution in [-0.4, -0.2) is 64.7 Å². The number of aliphatic hydroxyl groups excluding tert-OH is 4. The highest BCUT2D eigenvalue weighted by molar-refractivity contribution is 5.87. The normalized spacial score (nSPS) is 15.6. The summed E-state index contributed by atoms with van der Waals surface area (Å²) in [6.45, 7) is -0.833. The molecule has 1 aromatic rings. The maximum absolute atomic E-state index is 11.7. The zero-order valence-electron chi connectivity index (χ0n) is 10.7. The molecule has 0 aliphatic rings. The van der Waals surface area contributed by atoms with Gasteiger partial charge in [-0.25, -0.2) is 0 Å². The van der Waals surface area contributed by atoms with E-state index in [1.165, 1.54) is 0 Å². The number of anilines is 1. The van der Waals surface area contributed by atoms with Crippen LogP contribution < -0.4 is 4.90 Å². The summed E-state index contributed by atoms with van der Waals surface area (Å²) < 4.78 is 0. The van der Waals surface area contributed by atoms with Crippen LogP contribution in [0.3, 0.4) is 0 Å². The quantitative estimate of drug-likeness (QED) is 0.494. The summed E-state index contributed by atoms with van der Waals surface area (Å²) in [7, 11) is 1.68. The van der Waals surface area contributed by atoms with E-state index in [-0.39, 0.29) is 6.54 Å². The van der Waals surface area contributed by atoms with Crippen LogP contribution in [0.2, 0.25) is 0 Å². The summed E-state index contributed by atoms with van der Waals surface area (Å²) in [6.07, 6.45) is -4.96. The van der Waals surface area contributed by atoms with Gasteiger partial charge in [-0.2, -0.15) is 0 Å². The maximum Gasteiger partial charge on any atom is 0.183 e. The predicted molar refractivity (Wildman–Crippen MR) is 69.8 cm³/mol. The Balaban J connectivity index is 2.59. The first-order valence-electron chi connectivity index (χ1n) is 5.91. The summed E-state index contributed by atoms with van der Waals surface area (Å²) in [6, 6.07) is 9.08. The van der Waals surface area contributed by atoms with Crippen molar-refractivity contribution in [3.8, 4) is 0 Å². The van der Waals surface area contributed by atoms with Gasteiger partial charge in [0, 0.05) is 12.7 Å². The molecule has 19 heavy (non-hydrogen) atoms. The lowest BCUT2D eigenvalue weighted by Crippen LogP contribution is -2.46. The minimum absolute atomic E-state index is 0.111. The molecule has 0 bridgehead atoms. The van der Waals surface area contributed by atoms with E-state index in [9.17, 15) is 20.1 Å². The number of hydrogen-bond donors (Lipinski definition) is 4.